The van der Waals surface area contributed by atoms with Gasteiger partial charge < -0.3 is 10.1 Å². The summed E-state index contributed by atoms with van der Waals surface area (Å²) in [7, 11) is -3.80. The second-order valence-electron chi connectivity index (χ2n) is 5.29. The maximum atomic E-state index is 12.6. The molecule has 0 atom stereocenters. The summed E-state index contributed by atoms with van der Waals surface area (Å²) in [6.07, 6.45) is 0.184. The van der Waals surface area contributed by atoms with Crippen molar-refractivity contribution in [3.63, 3.8) is 0 Å². The Bertz CT molecular complexity index is 967. The summed E-state index contributed by atoms with van der Waals surface area (Å²) in [6, 6.07) is 13.3. The molecule has 3 aromatic rings. The molecule has 7 nitrogen and oxygen atoms in total. The first-order chi connectivity index (χ1) is 11.5. The number of sulfone groups is 1. The van der Waals surface area contributed by atoms with Crippen LogP contribution in [0, 0.1) is 0 Å². The summed E-state index contributed by atoms with van der Waals surface area (Å²) < 4.78 is 25.1. The molecule has 0 saturated carbocycles. The molecule has 0 aliphatic carbocycles. The van der Waals surface area contributed by atoms with Crippen LogP contribution >= 0.6 is 0 Å². The smallest absolute Gasteiger partial charge is 0.408 e. The molecular weight excluding hydrogens is 330 g/mol. The van der Waals surface area contributed by atoms with Crippen molar-refractivity contribution in [3.05, 3.63) is 60.4 Å². The van der Waals surface area contributed by atoms with Gasteiger partial charge in [0.25, 0.3) is 0 Å². The third-order valence-electron chi connectivity index (χ3n) is 3.56. The van der Waals surface area contributed by atoms with Gasteiger partial charge in [-0.2, -0.15) is 0 Å². The quantitative estimate of drug-likeness (QED) is 0.739. The van der Waals surface area contributed by atoms with Gasteiger partial charge in [-0.3, -0.25) is 4.90 Å². The van der Waals surface area contributed by atoms with Crippen LogP contribution in [0.1, 0.15) is 5.56 Å². The van der Waals surface area contributed by atoms with E-state index in [1.165, 1.54) is 18.5 Å². The molecule has 0 radical (unpaired) electrons. The predicted octanol–water partition coefficient (Wildman–Crippen LogP) is 2.47. The largest absolute Gasteiger partial charge is 0.465 e. The molecule has 0 bridgehead atoms. The number of benzene rings is 2. The highest BCUT2D eigenvalue weighted by atomic mass is 32.2. The predicted molar refractivity (Wildman–Crippen MR) is 88.2 cm³/mol. The van der Waals surface area contributed by atoms with Crippen molar-refractivity contribution >= 4 is 27.0 Å². The number of hydrogen-bond donors (Lipinski definition) is 2. The molecule has 2 N–H and O–H groups in total. The van der Waals surface area contributed by atoms with Crippen LogP contribution in [-0.4, -0.2) is 40.4 Å². The second-order valence-corrected chi connectivity index (χ2v) is 7.25. The number of hydrogen-bond acceptors (Lipinski definition) is 4. The fourth-order valence-corrected chi connectivity index (χ4v) is 3.68. The van der Waals surface area contributed by atoms with E-state index in [2.05, 4.69) is 9.97 Å². The summed E-state index contributed by atoms with van der Waals surface area (Å²) in [5, 5.41) is 9.33. The molecule has 8 heteroatoms. The van der Waals surface area contributed by atoms with Gasteiger partial charge in [0, 0.05) is 0 Å². The average molecular weight is 345 g/mol. The van der Waals surface area contributed by atoms with Crippen molar-refractivity contribution in [2.75, 3.05) is 5.88 Å². The van der Waals surface area contributed by atoms with E-state index in [1.54, 1.807) is 30.3 Å². The molecule has 0 saturated heterocycles. The molecule has 1 aromatic heterocycles. The minimum atomic E-state index is -3.80. The zero-order valence-electron chi connectivity index (χ0n) is 12.6. The van der Waals surface area contributed by atoms with E-state index in [9.17, 15) is 18.3 Å². The third kappa shape index (κ3) is 3.38. The van der Waals surface area contributed by atoms with Crippen LogP contribution in [0.3, 0.4) is 0 Å². The lowest BCUT2D eigenvalue weighted by Crippen LogP contribution is -2.34. The first-order valence-electron chi connectivity index (χ1n) is 7.13. The number of aromatic nitrogens is 2. The van der Waals surface area contributed by atoms with E-state index in [0.29, 0.717) is 11.0 Å². The van der Waals surface area contributed by atoms with E-state index in [4.69, 9.17) is 0 Å². The Hall–Kier alpha value is -2.87. The first-order valence-corrected chi connectivity index (χ1v) is 8.78. The summed E-state index contributed by atoms with van der Waals surface area (Å²) >= 11 is 0. The molecule has 2 aromatic carbocycles. The molecule has 1 heterocycles. The zero-order valence-corrected chi connectivity index (χ0v) is 13.4. The van der Waals surface area contributed by atoms with Gasteiger partial charge in [0.15, 0.2) is 9.84 Å². The zero-order chi connectivity index (χ0) is 17.2. The van der Waals surface area contributed by atoms with Gasteiger partial charge in [0.05, 0.1) is 28.8 Å². The fraction of sp³-hybridized carbons (Fsp3) is 0.125. The summed E-state index contributed by atoms with van der Waals surface area (Å²) in [6.45, 7) is 0.0000520. The number of H-pyrrole nitrogens is 1. The Labute approximate surface area is 138 Å². The lowest BCUT2D eigenvalue weighted by molar-refractivity contribution is 0.150. The Balaban J connectivity index is 1.86. The Kier molecular flexibility index (Phi) is 4.22. The molecule has 3 rings (SSSR count). The number of imidazole rings is 1. The minimum Gasteiger partial charge on any atom is -0.465 e. The van der Waals surface area contributed by atoms with Gasteiger partial charge >= 0.3 is 6.09 Å². The van der Waals surface area contributed by atoms with E-state index < -0.39 is 21.8 Å². The maximum Gasteiger partial charge on any atom is 0.408 e. The normalized spacial score (nSPS) is 11.5. The van der Waals surface area contributed by atoms with Crippen molar-refractivity contribution in [2.45, 2.75) is 11.4 Å². The maximum absolute atomic E-state index is 12.6. The van der Waals surface area contributed by atoms with E-state index in [1.807, 2.05) is 6.07 Å². The van der Waals surface area contributed by atoms with Crippen LogP contribution in [0.5, 0.6) is 0 Å². The molecule has 0 unspecified atom stereocenters. The Morgan fingerprint density at radius 3 is 2.62 bits per heavy atom. The summed E-state index contributed by atoms with van der Waals surface area (Å²) in [5.41, 5.74) is 1.95. The number of carboxylic acid groups (broad SMARTS) is 1. The van der Waals surface area contributed by atoms with Crippen molar-refractivity contribution in [3.8, 4) is 0 Å². The second kappa shape index (κ2) is 6.32. The average Bonchev–Trinajstić information content (AvgIpc) is 3.02. The van der Waals surface area contributed by atoms with Gasteiger partial charge in [0.2, 0.25) is 0 Å². The molecule has 0 fully saturated rings. The Morgan fingerprint density at radius 2 is 1.92 bits per heavy atom. The third-order valence-corrected chi connectivity index (χ3v) is 5.19. The van der Waals surface area contributed by atoms with Crippen molar-refractivity contribution in [1.82, 2.24) is 14.9 Å². The summed E-state index contributed by atoms with van der Waals surface area (Å²) in [4.78, 5) is 19.2. The van der Waals surface area contributed by atoms with Crippen LogP contribution in [0.2, 0.25) is 0 Å². The van der Waals surface area contributed by atoms with Gasteiger partial charge in [-0.1, -0.05) is 30.3 Å². The molecule has 0 aliphatic rings. The van der Waals surface area contributed by atoms with Gasteiger partial charge in [-0.15, -0.1) is 0 Å². The lowest BCUT2D eigenvalue weighted by atomic mass is 10.2. The van der Waals surface area contributed by atoms with Gasteiger partial charge in [-0.25, -0.2) is 18.2 Å². The fourth-order valence-electron chi connectivity index (χ4n) is 2.36. The number of rotatable bonds is 5. The van der Waals surface area contributed by atoms with Crippen molar-refractivity contribution in [1.29, 1.82) is 0 Å². The highest BCUT2D eigenvalue weighted by Gasteiger charge is 2.23. The van der Waals surface area contributed by atoms with E-state index >= 15 is 0 Å². The van der Waals surface area contributed by atoms with Gasteiger partial charge in [-0.05, 0) is 23.8 Å². The molecular formula is C16H15N3O4S. The lowest BCUT2D eigenvalue weighted by Gasteiger charge is -2.19. The number of amides is 1. The van der Waals surface area contributed by atoms with Crippen molar-refractivity contribution in [2.24, 2.45) is 0 Å². The number of nitrogens with one attached hydrogen (secondary N) is 1. The highest BCUT2D eigenvalue weighted by Crippen LogP contribution is 2.19. The van der Waals surface area contributed by atoms with Crippen LogP contribution < -0.4 is 0 Å². The molecule has 24 heavy (non-hydrogen) atoms. The minimum absolute atomic E-state index is 0.0000520. The number of fused-ring (bicyclic) bond motifs is 1. The van der Waals surface area contributed by atoms with Crippen LogP contribution in [0.4, 0.5) is 4.79 Å². The molecule has 124 valence electrons. The molecule has 0 aliphatic heterocycles. The monoisotopic (exact) mass is 345 g/mol. The van der Waals surface area contributed by atoms with Crippen LogP contribution in [-0.2, 0) is 16.4 Å². The van der Waals surface area contributed by atoms with Crippen LogP contribution in [0.15, 0.2) is 59.8 Å². The van der Waals surface area contributed by atoms with Crippen molar-refractivity contribution < 1.29 is 18.3 Å². The first kappa shape index (κ1) is 16.0. The number of carbonyl (C=O) groups is 1. The Morgan fingerprint density at radius 1 is 1.17 bits per heavy atom. The SMILES string of the molecule is O=C(O)N(Cc1ccccc1)CS(=O)(=O)c1ccc2[nH]cnc2c1. The van der Waals surface area contributed by atoms with Gasteiger partial charge in [0.1, 0.15) is 5.88 Å². The highest BCUT2D eigenvalue weighted by molar-refractivity contribution is 7.91. The van der Waals surface area contributed by atoms with Crippen LogP contribution in [0.25, 0.3) is 11.0 Å². The van der Waals surface area contributed by atoms with E-state index in [-0.39, 0.29) is 11.4 Å². The topological polar surface area (TPSA) is 103 Å². The standard InChI is InChI=1S/C16H15N3O4S/c20-16(21)19(9-12-4-2-1-3-5-12)11-24(22,23)13-6-7-14-15(8-13)18-10-17-14/h1-8,10H,9,11H2,(H,17,18)(H,20,21). The number of aromatic amines is 1. The molecule has 1 amide bonds. The van der Waals surface area contributed by atoms with E-state index in [0.717, 1.165) is 10.5 Å². The summed E-state index contributed by atoms with van der Waals surface area (Å²) in [5.74, 6) is -0.618. The number of nitrogens with zero attached hydrogens (tertiary/aromatic N) is 2. The molecule has 0 spiro atoms.